The van der Waals surface area contributed by atoms with E-state index in [2.05, 4.69) is 20.6 Å². The molecule has 6 heteroatoms. The molecule has 0 spiro atoms. The number of hydrogen-bond acceptors (Lipinski definition) is 5. The summed E-state index contributed by atoms with van der Waals surface area (Å²) in [5, 5.41) is 6.20. The molecule has 5 nitrogen and oxygen atoms in total. The zero-order chi connectivity index (χ0) is 14.9. The van der Waals surface area contributed by atoms with Crippen LogP contribution < -0.4 is 10.6 Å². The van der Waals surface area contributed by atoms with Crippen LogP contribution in [-0.2, 0) is 11.3 Å². The second-order valence-electron chi connectivity index (χ2n) is 4.48. The summed E-state index contributed by atoms with van der Waals surface area (Å²) in [5.41, 5.74) is 0.603. The average Bonchev–Trinajstić information content (AvgIpc) is 2.51. The van der Waals surface area contributed by atoms with Crippen LogP contribution in [-0.4, -0.2) is 30.2 Å². The van der Waals surface area contributed by atoms with E-state index in [4.69, 9.17) is 4.74 Å². The Labute approximate surface area is 123 Å². The SMILES string of the molecule is COCCCNc1nccc(NCc2ccccc2F)n1. The standard InChI is InChI=1S/C15H19FN4O/c1-21-10-4-8-17-15-18-9-7-14(20-15)19-11-12-5-2-3-6-13(12)16/h2-3,5-7,9H,4,8,10-11H2,1H3,(H2,17,18,19,20). The average molecular weight is 290 g/mol. The highest BCUT2D eigenvalue weighted by molar-refractivity contribution is 5.40. The van der Waals surface area contributed by atoms with Gasteiger partial charge in [-0.2, -0.15) is 4.98 Å². The molecule has 0 unspecified atom stereocenters. The Morgan fingerprint density at radius 3 is 2.86 bits per heavy atom. The van der Waals surface area contributed by atoms with Crippen LogP contribution in [0.4, 0.5) is 16.2 Å². The van der Waals surface area contributed by atoms with Gasteiger partial charge >= 0.3 is 0 Å². The van der Waals surface area contributed by atoms with E-state index in [9.17, 15) is 4.39 Å². The Hall–Kier alpha value is -2.21. The van der Waals surface area contributed by atoms with Crippen molar-refractivity contribution >= 4 is 11.8 Å². The molecule has 0 fully saturated rings. The maximum atomic E-state index is 13.5. The number of nitrogens with one attached hydrogen (secondary N) is 2. The second kappa shape index (κ2) is 8.16. The first-order chi connectivity index (χ1) is 10.3. The molecule has 2 aromatic rings. The van der Waals surface area contributed by atoms with Gasteiger partial charge < -0.3 is 15.4 Å². The number of anilines is 2. The first-order valence-corrected chi connectivity index (χ1v) is 6.82. The number of nitrogens with zero attached hydrogens (tertiary/aromatic N) is 2. The topological polar surface area (TPSA) is 59.1 Å². The van der Waals surface area contributed by atoms with Gasteiger partial charge in [0, 0.05) is 38.6 Å². The normalized spacial score (nSPS) is 10.4. The summed E-state index contributed by atoms with van der Waals surface area (Å²) in [7, 11) is 1.67. The summed E-state index contributed by atoms with van der Waals surface area (Å²) in [6.45, 7) is 1.82. The Morgan fingerprint density at radius 2 is 2.05 bits per heavy atom. The molecule has 0 bridgehead atoms. The minimum atomic E-state index is -0.225. The summed E-state index contributed by atoms with van der Waals surface area (Å²) < 4.78 is 18.5. The summed E-state index contributed by atoms with van der Waals surface area (Å²) in [5.74, 6) is 0.976. The van der Waals surface area contributed by atoms with Crippen molar-refractivity contribution in [3.05, 3.63) is 47.9 Å². The molecule has 1 aromatic carbocycles. The highest BCUT2D eigenvalue weighted by Crippen LogP contribution is 2.10. The molecule has 21 heavy (non-hydrogen) atoms. The number of benzene rings is 1. The molecule has 0 atom stereocenters. The van der Waals surface area contributed by atoms with Crippen molar-refractivity contribution in [3.63, 3.8) is 0 Å². The molecule has 0 saturated heterocycles. The Bertz CT molecular complexity index is 565. The van der Waals surface area contributed by atoms with E-state index in [1.54, 1.807) is 31.5 Å². The Kier molecular flexibility index (Phi) is 5.90. The van der Waals surface area contributed by atoms with Crippen molar-refractivity contribution in [2.24, 2.45) is 0 Å². The molecule has 1 aromatic heterocycles. The van der Waals surface area contributed by atoms with Gasteiger partial charge in [0.1, 0.15) is 11.6 Å². The lowest BCUT2D eigenvalue weighted by molar-refractivity contribution is 0.197. The summed E-state index contributed by atoms with van der Waals surface area (Å²) in [4.78, 5) is 8.45. The molecule has 0 amide bonds. The molecule has 1 heterocycles. The van der Waals surface area contributed by atoms with E-state index in [1.165, 1.54) is 6.07 Å². The van der Waals surface area contributed by atoms with E-state index >= 15 is 0 Å². The third-order valence-electron chi connectivity index (χ3n) is 2.88. The number of halogens is 1. The van der Waals surface area contributed by atoms with Crippen LogP contribution in [0.2, 0.25) is 0 Å². The lowest BCUT2D eigenvalue weighted by Gasteiger charge is -2.08. The van der Waals surface area contributed by atoms with Crippen LogP contribution in [0.15, 0.2) is 36.5 Å². The minimum absolute atomic E-state index is 0.225. The molecule has 0 radical (unpaired) electrons. The Morgan fingerprint density at radius 1 is 1.19 bits per heavy atom. The third-order valence-corrected chi connectivity index (χ3v) is 2.88. The highest BCUT2D eigenvalue weighted by atomic mass is 19.1. The second-order valence-corrected chi connectivity index (χ2v) is 4.48. The van der Waals surface area contributed by atoms with Gasteiger partial charge in [-0.15, -0.1) is 0 Å². The fraction of sp³-hybridized carbons (Fsp3) is 0.333. The molecule has 0 aliphatic carbocycles. The fourth-order valence-corrected chi connectivity index (χ4v) is 1.79. The van der Waals surface area contributed by atoms with E-state index < -0.39 is 0 Å². The largest absolute Gasteiger partial charge is 0.385 e. The highest BCUT2D eigenvalue weighted by Gasteiger charge is 2.02. The number of ether oxygens (including phenoxy) is 1. The van der Waals surface area contributed by atoms with Gasteiger partial charge in [0.05, 0.1) is 0 Å². The van der Waals surface area contributed by atoms with Crippen molar-refractivity contribution in [1.29, 1.82) is 0 Å². The lowest BCUT2D eigenvalue weighted by Crippen LogP contribution is -2.09. The third kappa shape index (κ3) is 5.00. The van der Waals surface area contributed by atoms with Crippen molar-refractivity contribution in [1.82, 2.24) is 9.97 Å². The first-order valence-electron chi connectivity index (χ1n) is 6.82. The molecule has 0 aliphatic rings. The van der Waals surface area contributed by atoms with Crippen LogP contribution >= 0.6 is 0 Å². The van der Waals surface area contributed by atoms with Gasteiger partial charge in [-0.05, 0) is 18.6 Å². The monoisotopic (exact) mass is 290 g/mol. The molecular formula is C15H19FN4O. The van der Waals surface area contributed by atoms with E-state index in [1.807, 2.05) is 6.07 Å². The van der Waals surface area contributed by atoms with Crippen LogP contribution in [0.3, 0.4) is 0 Å². The summed E-state index contributed by atoms with van der Waals surface area (Å²) >= 11 is 0. The quantitative estimate of drug-likeness (QED) is 0.732. The van der Waals surface area contributed by atoms with Gasteiger partial charge in [0.15, 0.2) is 0 Å². The number of methoxy groups -OCH3 is 1. The van der Waals surface area contributed by atoms with Crippen molar-refractivity contribution in [3.8, 4) is 0 Å². The van der Waals surface area contributed by atoms with Crippen molar-refractivity contribution in [2.45, 2.75) is 13.0 Å². The predicted octanol–water partition coefficient (Wildman–Crippen LogP) is 2.68. The molecule has 2 N–H and O–H groups in total. The van der Waals surface area contributed by atoms with Gasteiger partial charge in [-0.1, -0.05) is 18.2 Å². The van der Waals surface area contributed by atoms with Crippen LogP contribution in [0.1, 0.15) is 12.0 Å². The fourth-order valence-electron chi connectivity index (χ4n) is 1.79. The Balaban J connectivity index is 1.87. The van der Waals surface area contributed by atoms with Crippen molar-refractivity contribution in [2.75, 3.05) is 30.9 Å². The molecule has 0 saturated carbocycles. The van der Waals surface area contributed by atoms with E-state index in [0.29, 0.717) is 30.5 Å². The number of hydrogen-bond donors (Lipinski definition) is 2. The van der Waals surface area contributed by atoms with Crippen LogP contribution in [0.5, 0.6) is 0 Å². The van der Waals surface area contributed by atoms with E-state index in [-0.39, 0.29) is 5.82 Å². The van der Waals surface area contributed by atoms with Crippen LogP contribution in [0, 0.1) is 5.82 Å². The maximum Gasteiger partial charge on any atom is 0.224 e. The van der Waals surface area contributed by atoms with E-state index in [0.717, 1.165) is 13.0 Å². The van der Waals surface area contributed by atoms with Crippen LogP contribution in [0.25, 0.3) is 0 Å². The molecule has 0 aliphatic heterocycles. The zero-order valence-electron chi connectivity index (χ0n) is 12.0. The van der Waals surface area contributed by atoms with Gasteiger partial charge in [-0.3, -0.25) is 0 Å². The zero-order valence-corrected chi connectivity index (χ0v) is 12.0. The molecule has 2 rings (SSSR count). The van der Waals surface area contributed by atoms with Crippen molar-refractivity contribution < 1.29 is 9.13 Å². The smallest absolute Gasteiger partial charge is 0.224 e. The predicted molar refractivity (Wildman–Crippen MR) is 80.7 cm³/mol. The number of aromatic nitrogens is 2. The maximum absolute atomic E-state index is 13.5. The molecular weight excluding hydrogens is 271 g/mol. The molecule has 112 valence electrons. The van der Waals surface area contributed by atoms with Gasteiger partial charge in [0.25, 0.3) is 0 Å². The summed E-state index contributed by atoms with van der Waals surface area (Å²) in [6.07, 6.45) is 2.54. The lowest BCUT2D eigenvalue weighted by atomic mass is 10.2. The first kappa shape index (κ1) is 15.2. The number of rotatable bonds is 8. The van der Waals surface area contributed by atoms with Gasteiger partial charge in [-0.25, -0.2) is 9.37 Å². The summed E-state index contributed by atoms with van der Waals surface area (Å²) in [6, 6.07) is 8.42. The minimum Gasteiger partial charge on any atom is -0.385 e. The van der Waals surface area contributed by atoms with Gasteiger partial charge in [0.2, 0.25) is 5.95 Å².